The van der Waals surface area contributed by atoms with Crippen molar-refractivity contribution in [3.05, 3.63) is 18.3 Å². The lowest BCUT2D eigenvalue weighted by atomic mass is 10.2. The van der Waals surface area contributed by atoms with E-state index in [-0.39, 0.29) is 18.1 Å². The normalized spacial score (nSPS) is 23.3. The fourth-order valence-corrected chi connectivity index (χ4v) is 2.28. The number of methoxy groups -OCH3 is 2. The summed E-state index contributed by atoms with van der Waals surface area (Å²) in [6, 6.07) is 3.33. The van der Waals surface area contributed by atoms with Crippen molar-refractivity contribution in [1.82, 2.24) is 9.88 Å². The number of hydrogen-bond donors (Lipinski definition) is 1. The van der Waals surface area contributed by atoms with E-state index in [1.165, 1.54) is 0 Å². The number of anilines is 1. The van der Waals surface area contributed by atoms with Crippen LogP contribution in [0.2, 0.25) is 0 Å². The summed E-state index contributed by atoms with van der Waals surface area (Å²) in [7, 11) is 5.13. The van der Waals surface area contributed by atoms with Crippen LogP contribution in [-0.4, -0.2) is 55.7 Å². The number of likely N-dealkylation sites (N-methyl/N-ethyl adjacent to an activating group) is 1. The van der Waals surface area contributed by atoms with Crippen molar-refractivity contribution in [1.29, 1.82) is 0 Å². The van der Waals surface area contributed by atoms with E-state index < -0.39 is 0 Å². The Balaban J connectivity index is 2.05. The van der Waals surface area contributed by atoms with E-state index in [0.717, 1.165) is 6.54 Å². The number of rotatable bonds is 4. The van der Waals surface area contributed by atoms with E-state index in [9.17, 15) is 4.79 Å². The number of pyridine rings is 1. The lowest BCUT2D eigenvalue weighted by Gasteiger charge is -2.18. The van der Waals surface area contributed by atoms with E-state index in [1.54, 1.807) is 32.5 Å². The first kappa shape index (κ1) is 13.8. The Morgan fingerprint density at radius 1 is 1.53 bits per heavy atom. The van der Waals surface area contributed by atoms with Gasteiger partial charge < -0.3 is 14.8 Å². The molecule has 0 saturated carbocycles. The van der Waals surface area contributed by atoms with Gasteiger partial charge in [-0.2, -0.15) is 0 Å². The van der Waals surface area contributed by atoms with Crippen LogP contribution in [0, 0.1) is 0 Å². The van der Waals surface area contributed by atoms with Crippen LogP contribution in [0.15, 0.2) is 18.3 Å². The fourth-order valence-electron chi connectivity index (χ4n) is 2.28. The number of amides is 1. The molecule has 0 spiro atoms. The zero-order valence-corrected chi connectivity index (χ0v) is 11.4. The summed E-state index contributed by atoms with van der Waals surface area (Å²) in [6.07, 6.45) is 2.41. The molecule has 1 aromatic rings. The average molecular weight is 265 g/mol. The molecule has 2 heterocycles. The van der Waals surface area contributed by atoms with Crippen LogP contribution in [0.4, 0.5) is 5.82 Å². The van der Waals surface area contributed by atoms with E-state index >= 15 is 0 Å². The van der Waals surface area contributed by atoms with Gasteiger partial charge in [-0.25, -0.2) is 4.98 Å². The van der Waals surface area contributed by atoms with Crippen LogP contribution in [0.25, 0.3) is 0 Å². The molecule has 1 N–H and O–H groups in total. The maximum Gasteiger partial charge on any atom is 0.243 e. The molecule has 0 radical (unpaired) electrons. The van der Waals surface area contributed by atoms with Crippen molar-refractivity contribution < 1.29 is 14.3 Å². The van der Waals surface area contributed by atoms with Crippen molar-refractivity contribution in [2.45, 2.75) is 18.6 Å². The Morgan fingerprint density at radius 3 is 2.95 bits per heavy atom. The number of nitrogens with zero attached hydrogens (tertiary/aromatic N) is 2. The number of carbonyl (C=O) groups excluding carboxylic acids is 1. The molecule has 1 amide bonds. The molecule has 2 rings (SSSR count). The first-order valence-electron chi connectivity index (χ1n) is 6.18. The zero-order valence-electron chi connectivity index (χ0n) is 11.4. The first-order chi connectivity index (χ1) is 9.15. The SMILES string of the molecule is COc1cccnc1NC(=O)[C@@H]1C[C@H](OC)CN1C. The average Bonchev–Trinajstić information content (AvgIpc) is 2.80. The number of carbonyl (C=O) groups is 1. The minimum Gasteiger partial charge on any atom is -0.493 e. The molecule has 6 nitrogen and oxygen atoms in total. The first-order valence-corrected chi connectivity index (χ1v) is 6.18. The summed E-state index contributed by atoms with van der Waals surface area (Å²) in [5, 5.41) is 2.81. The van der Waals surface area contributed by atoms with Gasteiger partial charge in [0.25, 0.3) is 0 Å². The largest absolute Gasteiger partial charge is 0.493 e. The maximum absolute atomic E-state index is 12.3. The van der Waals surface area contributed by atoms with Crippen molar-refractivity contribution in [2.75, 3.05) is 33.1 Å². The molecule has 1 aliphatic heterocycles. The van der Waals surface area contributed by atoms with Gasteiger partial charge in [0, 0.05) is 19.9 Å². The van der Waals surface area contributed by atoms with E-state index in [2.05, 4.69) is 10.3 Å². The van der Waals surface area contributed by atoms with E-state index in [0.29, 0.717) is 18.0 Å². The Kier molecular flexibility index (Phi) is 4.34. The number of aromatic nitrogens is 1. The molecule has 1 saturated heterocycles. The smallest absolute Gasteiger partial charge is 0.243 e. The van der Waals surface area contributed by atoms with Gasteiger partial charge in [-0.1, -0.05) is 0 Å². The highest BCUT2D eigenvalue weighted by atomic mass is 16.5. The zero-order chi connectivity index (χ0) is 13.8. The van der Waals surface area contributed by atoms with Gasteiger partial charge in [0.1, 0.15) is 0 Å². The molecule has 19 heavy (non-hydrogen) atoms. The van der Waals surface area contributed by atoms with Crippen molar-refractivity contribution in [3.8, 4) is 5.75 Å². The molecule has 1 aromatic heterocycles. The number of likely N-dealkylation sites (tertiary alicyclic amines) is 1. The van der Waals surface area contributed by atoms with Gasteiger partial charge in [0.2, 0.25) is 5.91 Å². The number of ether oxygens (including phenoxy) is 2. The van der Waals surface area contributed by atoms with Crippen LogP contribution < -0.4 is 10.1 Å². The van der Waals surface area contributed by atoms with Gasteiger partial charge in [0.05, 0.1) is 19.3 Å². The molecular formula is C13H19N3O3. The topological polar surface area (TPSA) is 63.7 Å². The Morgan fingerprint density at radius 2 is 2.32 bits per heavy atom. The van der Waals surface area contributed by atoms with Gasteiger partial charge in [-0.15, -0.1) is 0 Å². The Bertz CT molecular complexity index is 453. The summed E-state index contributed by atoms with van der Waals surface area (Å²) < 4.78 is 10.5. The third-order valence-corrected chi connectivity index (χ3v) is 3.38. The molecular weight excluding hydrogens is 246 g/mol. The van der Waals surface area contributed by atoms with Gasteiger partial charge in [-0.05, 0) is 25.6 Å². The highest BCUT2D eigenvalue weighted by molar-refractivity contribution is 5.95. The molecule has 104 valence electrons. The van der Waals surface area contributed by atoms with Crippen LogP contribution in [0.1, 0.15) is 6.42 Å². The minimum atomic E-state index is -0.198. The fraction of sp³-hybridized carbons (Fsp3) is 0.538. The van der Waals surface area contributed by atoms with E-state index in [1.807, 2.05) is 11.9 Å². The monoisotopic (exact) mass is 265 g/mol. The summed E-state index contributed by atoms with van der Waals surface area (Å²) in [5.74, 6) is 0.920. The number of hydrogen-bond acceptors (Lipinski definition) is 5. The second-order valence-corrected chi connectivity index (χ2v) is 4.59. The third-order valence-electron chi connectivity index (χ3n) is 3.38. The molecule has 2 atom stereocenters. The second kappa shape index (κ2) is 5.99. The van der Waals surface area contributed by atoms with Crippen LogP contribution in [0.3, 0.4) is 0 Å². The van der Waals surface area contributed by atoms with Crippen molar-refractivity contribution in [3.63, 3.8) is 0 Å². The second-order valence-electron chi connectivity index (χ2n) is 4.59. The molecule has 0 aliphatic carbocycles. The molecule has 0 aromatic carbocycles. The van der Waals surface area contributed by atoms with Gasteiger partial charge >= 0.3 is 0 Å². The van der Waals surface area contributed by atoms with Crippen LogP contribution >= 0.6 is 0 Å². The highest BCUT2D eigenvalue weighted by Gasteiger charge is 2.34. The molecule has 1 aliphatic rings. The summed E-state index contributed by atoms with van der Waals surface area (Å²) in [6.45, 7) is 0.758. The van der Waals surface area contributed by atoms with E-state index in [4.69, 9.17) is 9.47 Å². The van der Waals surface area contributed by atoms with Gasteiger partial charge in [0.15, 0.2) is 11.6 Å². The lowest BCUT2D eigenvalue weighted by Crippen LogP contribution is -2.37. The number of nitrogens with one attached hydrogen (secondary N) is 1. The Labute approximate surface area is 112 Å². The van der Waals surface area contributed by atoms with Gasteiger partial charge in [-0.3, -0.25) is 9.69 Å². The minimum absolute atomic E-state index is 0.0842. The maximum atomic E-state index is 12.3. The quantitative estimate of drug-likeness (QED) is 0.870. The molecule has 0 bridgehead atoms. The summed E-state index contributed by atoms with van der Waals surface area (Å²) in [5.41, 5.74) is 0. The lowest BCUT2D eigenvalue weighted by molar-refractivity contribution is -0.120. The van der Waals surface area contributed by atoms with Crippen molar-refractivity contribution >= 4 is 11.7 Å². The third kappa shape index (κ3) is 3.02. The standard InChI is InChI=1S/C13H19N3O3/c1-16-8-9(18-2)7-10(16)13(17)15-12-11(19-3)5-4-6-14-12/h4-6,9-10H,7-8H2,1-3H3,(H,14,15,17)/t9-,10-/m0/s1. The molecule has 1 fully saturated rings. The molecule has 0 unspecified atom stereocenters. The predicted molar refractivity (Wildman–Crippen MR) is 71.3 cm³/mol. The highest BCUT2D eigenvalue weighted by Crippen LogP contribution is 2.23. The van der Waals surface area contributed by atoms with Crippen molar-refractivity contribution in [2.24, 2.45) is 0 Å². The molecule has 6 heteroatoms. The van der Waals surface area contributed by atoms with Crippen LogP contribution in [-0.2, 0) is 9.53 Å². The Hall–Kier alpha value is -1.66. The summed E-state index contributed by atoms with van der Waals surface area (Å²) in [4.78, 5) is 18.4. The van der Waals surface area contributed by atoms with Crippen LogP contribution in [0.5, 0.6) is 5.75 Å². The predicted octanol–water partition coefficient (Wildman–Crippen LogP) is 0.748. The summed E-state index contributed by atoms with van der Waals surface area (Å²) >= 11 is 0.